The first-order valence-electron chi connectivity index (χ1n) is 11.3. The van der Waals surface area contributed by atoms with Gasteiger partial charge >= 0.3 is 0 Å². The fourth-order valence-electron chi connectivity index (χ4n) is 3.78. The van der Waals surface area contributed by atoms with Gasteiger partial charge in [-0.3, -0.25) is 4.68 Å². The van der Waals surface area contributed by atoms with Crippen molar-refractivity contribution < 1.29 is 8.42 Å². The van der Waals surface area contributed by atoms with Gasteiger partial charge in [0.2, 0.25) is 10.0 Å². The Morgan fingerprint density at radius 3 is 2.00 bits per heavy atom. The number of hydrogen-bond donors (Lipinski definition) is 0. The summed E-state index contributed by atoms with van der Waals surface area (Å²) < 4.78 is 31.3. The number of benzene rings is 3. The maximum absolute atomic E-state index is 14.0. The standard InChI is InChI=1S/C27H29N3O2S/c1-2-3-19-30(21-24-15-9-5-10-16-24)33(31,32)26-22-29(20-23-13-7-4-8-14-23)28-27(26)25-17-11-6-12-18-25/h4-18,22H,2-3,19-21H2,1H3. The van der Waals surface area contributed by atoms with E-state index in [1.165, 1.54) is 0 Å². The molecule has 0 spiro atoms. The molecule has 0 fully saturated rings. The van der Waals surface area contributed by atoms with Crippen molar-refractivity contribution in [1.82, 2.24) is 14.1 Å². The lowest BCUT2D eigenvalue weighted by atomic mass is 10.2. The van der Waals surface area contributed by atoms with Crippen LogP contribution in [0.1, 0.15) is 30.9 Å². The molecule has 33 heavy (non-hydrogen) atoms. The van der Waals surface area contributed by atoms with Crippen LogP contribution in [0.2, 0.25) is 0 Å². The fraction of sp³-hybridized carbons (Fsp3) is 0.222. The van der Waals surface area contributed by atoms with Crippen LogP contribution in [0.3, 0.4) is 0 Å². The Kier molecular flexibility index (Phi) is 7.37. The minimum absolute atomic E-state index is 0.247. The zero-order valence-electron chi connectivity index (χ0n) is 18.8. The molecule has 0 aliphatic rings. The largest absolute Gasteiger partial charge is 0.266 e. The number of hydrogen-bond acceptors (Lipinski definition) is 3. The van der Waals surface area contributed by atoms with Gasteiger partial charge in [-0.05, 0) is 17.5 Å². The molecule has 4 aromatic rings. The second-order valence-electron chi connectivity index (χ2n) is 8.07. The number of unbranched alkanes of at least 4 members (excludes halogenated alkanes) is 1. The van der Waals surface area contributed by atoms with Crippen LogP contribution in [-0.4, -0.2) is 29.0 Å². The lowest BCUT2D eigenvalue weighted by molar-refractivity contribution is 0.398. The van der Waals surface area contributed by atoms with E-state index < -0.39 is 10.0 Å². The summed E-state index contributed by atoms with van der Waals surface area (Å²) >= 11 is 0. The third-order valence-corrected chi connectivity index (χ3v) is 7.39. The van der Waals surface area contributed by atoms with Crippen molar-refractivity contribution in [3.63, 3.8) is 0 Å². The molecular formula is C27H29N3O2S. The van der Waals surface area contributed by atoms with E-state index in [-0.39, 0.29) is 4.90 Å². The zero-order valence-corrected chi connectivity index (χ0v) is 19.7. The molecule has 0 amide bonds. The van der Waals surface area contributed by atoms with Crippen molar-refractivity contribution >= 4 is 10.0 Å². The lowest BCUT2D eigenvalue weighted by Crippen LogP contribution is -2.31. The summed E-state index contributed by atoms with van der Waals surface area (Å²) in [7, 11) is -3.77. The van der Waals surface area contributed by atoms with E-state index >= 15 is 0 Å². The van der Waals surface area contributed by atoms with Crippen LogP contribution >= 0.6 is 0 Å². The predicted octanol–water partition coefficient (Wildman–Crippen LogP) is 5.59. The van der Waals surface area contributed by atoms with E-state index in [0.717, 1.165) is 29.5 Å². The molecule has 0 saturated heterocycles. The fourth-order valence-corrected chi connectivity index (χ4v) is 5.41. The predicted molar refractivity (Wildman–Crippen MR) is 132 cm³/mol. The van der Waals surface area contributed by atoms with Gasteiger partial charge in [-0.1, -0.05) is 104 Å². The zero-order chi connectivity index (χ0) is 23.1. The maximum Gasteiger partial charge on any atom is 0.247 e. The van der Waals surface area contributed by atoms with E-state index in [2.05, 4.69) is 6.92 Å². The van der Waals surface area contributed by atoms with Gasteiger partial charge < -0.3 is 0 Å². The van der Waals surface area contributed by atoms with Crippen LogP contribution < -0.4 is 0 Å². The Balaban J connectivity index is 1.76. The van der Waals surface area contributed by atoms with Crippen molar-refractivity contribution in [3.8, 4) is 11.3 Å². The summed E-state index contributed by atoms with van der Waals surface area (Å²) in [5.41, 5.74) is 3.31. The average Bonchev–Trinajstić information content (AvgIpc) is 3.28. The molecule has 4 rings (SSSR count). The van der Waals surface area contributed by atoms with Crippen molar-refractivity contribution in [2.45, 2.75) is 37.8 Å². The molecule has 0 aliphatic heterocycles. The summed E-state index contributed by atoms with van der Waals surface area (Å²) in [6.45, 7) is 3.37. The van der Waals surface area contributed by atoms with Gasteiger partial charge in [0, 0.05) is 24.8 Å². The molecule has 0 atom stereocenters. The van der Waals surface area contributed by atoms with Crippen LogP contribution in [0.25, 0.3) is 11.3 Å². The van der Waals surface area contributed by atoms with Crippen molar-refractivity contribution in [2.75, 3.05) is 6.54 Å². The van der Waals surface area contributed by atoms with Crippen molar-refractivity contribution in [2.24, 2.45) is 0 Å². The first kappa shape index (κ1) is 23.0. The second kappa shape index (κ2) is 10.6. The topological polar surface area (TPSA) is 55.2 Å². The molecule has 0 radical (unpaired) electrons. The third-order valence-electron chi connectivity index (χ3n) is 5.54. The van der Waals surface area contributed by atoms with Crippen LogP contribution in [0.15, 0.2) is 102 Å². The number of aromatic nitrogens is 2. The Hall–Kier alpha value is -3.22. The molecule has 0 N–H and O–H groups in total. The van der Waals surface area contributed by atoms with Gasteiger partial charge in [-0.15, -0.1) is 0 Å². The number of nitrogens with zero attached hydrogens (tertiary/aromatic N) is 3. The smallest absolute Gasteiger partial charge is 0.247 e. The first-order valence-corrected chi connectivity index (χ1v) is 12.7. The molecule has 0 bridgehead atoms. The van der Waals surface area contributed by atoms with Gasteiger partial charge in [0.15, 0.2) is 0 Å². The Bertz CT molecular complexity index is 1250. The highest BCUT2D eigenvalue weighted by molar-refractivity contribution is 7.89. The van der Waals surface area contributed by atoms with Crippen LogP contribution in [-0.2, 0) is 23.1 Å². The highest BCUT2D eigenvalue weighted by atomic mass is 32.2. The summed E-state index contributed by atoms with van der Waals surface area (Å²) in [5, 5.41) is 4.72. The quantitative estimate of drug-likeness (QED) is 0.311. The Morgan fingerprint density at radius 1 is 0.818 bits per heavy atom. The highest BCUT2D eigenvalue weighted by Gasteiger charge is 2.30. The van der Waals surface area contributed by atoms with Gasteiger partial charge in [0.25, 0.3) is 0 Å². The van der Waals surface area contributed by atoms with Gasteiger partial charge in [0.1, 0.15) is 10.6 Å². The molecule has 6 heteroatoms. The molecule has 0 aliphatic carbocycles. The molecule has 1 aromatic heterocycles. The summed E-state index contributed by atoms with van der Waals surface area (Å²) in [5.74, 6) is 0. The van der Waals surface area contributed by atoms with E-state index in [0.29, 0.717) is 25.3 Å². The monoisotopic (exact) mass is 459 g/mol. The van der Waals surface area contributed by atoms with Crippen LogP contribution in [0, 0.1) is 0 Å². The summed E-state index contributed by atoms with van der Waals surface area (Å²) in [6.07, 6.45) is 3.39. The van der Waals surface area contributed by atoms with Crippen LogP contribution in [0.5, 0.6) is 0 Å². The van der Waals surface area contributed by atoms with Gasteiger partial charge in [0.05, 0.1) is 6.54 Å². The maximum atomic E-state index is 14.0. The minimum Gasteiger partial charge on any atom is -0.266 e. The summed E-state index contributed by atoms with van der Waals surface area (Å²) in [6, 6.07) is 29.2. The lowest BCUT2D eigenvalue weighted by Gasteiger charge is -2.22. The van der Waals surface area contributed by atoms with Crippen LogP contribution in [0.4, 0.5) is 0 Å². The van der Waals surface area contributed by atoms with Gasteiger partial charge in [-0.25, -0.2) is 8.42 Å². The van der Waals surface area contributed by atoms with Crippen molar-refractivity contribution in [1.29, 1.82) is 0 Å². The minimum atomic E-state index is -3.77. The number of sulfonamides is 1. The third kappa shape index (κ3) is 5.59. The molecule has 1 heterocycles. The average molecular weight is 460 g/mol. The Labute approximate surface area is 196 Å². The van der Waals surface area contributed by atoms with E-state index in [1.54, 1.807) is 15.2 Å². The molecule has 170 valence electrons. The Morgan fingerprint density at radius 2 is 1.39 bits per heavy atom. The molecule has 0 saturated carbocycles. The van der Waals surface area contributed by atoms with E-state index in [9.17, 15) is 8.42 Å². The molecule has 3 aromatic carbocycles. The summed E-state index contributed by atoms with van der Waals surface area (Å²) in [4.78, 5) is 0.247. The molecule has 0 unspecified atom stereocenters. The SMILES string of the molecule is CCCCN(Cc1ccccc1)S(=O)(=O)c1cn(Cc2ccccc2)nc1-c1ccccc1. The highest BCUT2D eigenvalue weighted by Crippen LogP contribution is 2.29. The van der Waals surface area contributed by atoms with E-state index in [4.69, 9.17) is 5.10 Å². The van der Waals surface area contributed by atoms with Crippen molar-refractivity contribution in [3.05, 3.63) is 108 Å². The van der Waals surface area contributed by atoms with E-state index in [1.807, 2.05) is 91.0 Å². The normalized spacial score (nSPS) is 11.7. The molecular weight excluding hydrogens is 430 g/mol. The first-order chi connectivity index (χ1) is 16.1. The second-order valence-corrected chi connectivity index (χ2v) is 9.98. The number of rotatable bonds is 10. The molecule has 5 nitrogen and oxygen atoms in total. The van der Waals surface area contributed by atoms with Gasteiger partial charge in [-0.2, -0.15) is 9.40 Å².